The van der Waals surface area contributed by atoms with E-state index in [0.29, 0.717) is 36.8 Å². The van der Waals surface area contributed by atoms with Crippen LogP contribution >= 0.6 is 11.8 Å². The molecule has 11 nitrogen and oxygen atoms in total. The molecule has 2 aliphatic heterocycles. The fourth-order valence-corrected chi connectivity index (χ4v) is 8.09. The second kappa shape index (κ2) is 21.7. The number of fused-ring (bicyclic) bond motifs is 1. The number of ketones is 2. The average Bonchev–Trinajstić information content (AvgIpc) is 3.65. The van der Waals surface area contributed by atoms with Gasteiger partial charge in [-0.25, -0.2) is 4.79 Å². The third-order valence-electron chi connectivity index (χ3n) is 9.47. The standard InChI is InChI=1S/C37H58N4O7S/c1-5-6-7-8-9-10-13-18-26(23-27-25(2)32(43)34(47-3)35(48-4)33(27)44)36(45)39-22-17-12-11-16-21-38-30(42)20-15-14-19-29-31-28(24-49-29)40-37(46)41-31/h23,28-29,31H,5-22,24H2,1-4H3,(H,38,42)(H,39,45)(H2,40,41,46)/b26-23+/t28-,29-,31-/m0/s1. The van der Waals surface area contributed by atoms with E-state index in [2.05, 4.69) is 28.2 Å². The number of ether oxygens (including phenoxy) is 2. The minimum absolute atomic E-state index is 0.0668. The maximum absolute atomic E-state index is 13.3. The van der Waals surface area contributed by atoms with Crippen LogP contribution in [0.15, 0.2) is 34.3 Å². The van der Waals surface area contributed by atoms with Gasteiger partial charge in [-0.3, -0.25) is 19.2 Å². The van der Waals surface area contributed by atoms with Crippen molar-refractivity contribution in [3.05, 3.63) is 34.3 Å². The lowest BCUT2D eigenvalue weighted by Crippen LogP contribution is -2.36. The quantitative estimate of drug-likeness (QED) is 0.0443. The first kappa shape index (κ1) is 40.2. The highest BCUT2D eigenvalue weighted by molar-refractivity contribution is 8.00. The molecule has 4 amide bonds. The molecule has 2 heterocycles. The zero-order valence-electron chi connectivity index (χ0n) is 30.0. The molecule has 4 N–H and O–H groups in total. The molecule has 3 atom stereocenters. The van der Waals surface area contributed by atoms with Crippen LogP contribution in [-0.4, -0.2) is 79.8 Å². The molecule has 49 heavy (non-hydrogen) atoms. The van der Waals surface area contributed by atoms with Gasteiger partial charge in [-0.2, -0.15) is 11.8 Å². The smallest absolute Gasteiger partial charge is 0.315 e. The molecule has 0 bridgehead atoms. The van der Waals surface area contributed by atoms with E-state index in [1.165, 1.54) is 39.9 Å². The first-order chi connectivity index (χ1) is 23.7. The van der Waals surface area contributed by atoms with E-state index in [-0.39, 0.29) is 52.6 Å². The number of rotatable bonds is 24. The number of thioether (sulfide) groups is 1. The number of methoxy groups -OCH3 is 2. The summed E-state index contributed by atoms with van der Waals surface area (Å²) in [5.74, 6) is -0.350. The fourth-order valence-electron chi connectivity index (χ4n) is 6.54. The normalized spacial score (nSPS) is 20.7. The van der Waals surface area contributed by atoms with Crippen LogP contribution in [0.2, 0.25) is 0 Å². The Labute approximate surface area is 296 Å². The summed E-state index contributed by atoms with van der Waals surface area (Å²) < 4.78 is 10.4. The number of Topliss-reactive ketones (excluding diaryl/α,β-unsaturated/α-hetero) is 2. The minimum atomic E-state index is -0.465. The Kier molecular flexibility index (Phi) is 17.8. The summed E-state index contributed by atoms with van der Waals surface area (Å²) >= 11 is 1.90. The van der Waals surface area contributed by atoms with Crippen molar-refractivity contribution in [2.45, 2.75) is 134 Å². The highest BCUT2D eigenvalue weighted by Gasteiger charge is 2.42. The van der Waals surface area contributed by atoms with Crippen LogP contribution in [-0.2, 0) is 28.7 Å². The predicted molar refractivity (Wildman–Crippen MR) is 193 cm³/mol. The van der Waals surface area contributed by atoms with Gasteiger partial charge in [0, 0.05) is 47.2 Å². The summed E-state index contributed by atoms with van der Waals surface area (Å²) in [4.78, 5) is 63.2. The Bertz CT molecular complexity index is 1260. The predicted octanol–water partition coefficient (Wildman–Crippen LogP) is 5.54. The molecular formula is C37H58N4O7S. The van der Waals surface area contributed by atoms with Crippen LogP contribution in [0, 0.1) is 0 Å². The minimum Gasteiger partial charge on any atom is -0.489 e. The largest absolute Gasteiger partial charge is 0.489 e. The molecule has 0 saturated carbocycles. The number of nitrogens with one attached hydrogen (secondary N) is 4. The number of carbonyl (C=O) groups is 5. The van der Waals surface area contributed by atoms with Gasteiger partial charge in [-0.15, -0.1) is 0 Å². The Morgan fingerprint density at radius 3 is 2.10 bits per heavy atom. The zero-order valence-corrected chi connectivity index (χ0v) is 30.8. The highest BCUT2D eigenvalue weighted by atomic mass is 32.2. The van der Waals surface area contributed by atoms with Crippen molar-refractivity contribution >= 4 is 41.2 Å². The van der Waals surface area contributed by atoms with E-state index in [1.54, 1.807) is 13.0 Å². The molecule has 3 rings (SSSR count). The molecule has 12 heteroatoms. The summed E-state index contributed by atoms with van der Waals surface area (Å²) in [7, 11) is 2.65. The van der Waals surface area contributed by atoms with Crippen molar-refractivity contribution in [1.29, 1.82) is 0 Å². The second-order valence-corrected chi connectivity index (χ2v) is 14.5. The SMILES string of the molecule is CCCCCCCCC/C(=C\C1=C(C)C(=O)C(OC)=C(OC)C1=O)C(=O)NCCCCCCNC(=O)CCCC[C@@H]1SC[C@@H]2NC(=O)N[C@@H]21. The van der Waals surface area contributed by atoms with Gasteiger partial charge in [-0.1, -0.05) is 64.7 Å². The summed E-state index contributed by atoms with van der Waals surface area (Å²) in [5, 5.41) is 12.4. The average molecular weight is 703 g/mol. The van der Waals surface area contributed by atoms with Crippen molar-refractivity contribution in [2.24, 2.45) is 0 Å². The highest BCUT2D eigenvalue weighted by Crippen LogP contribution is 2.33. The summed E-state index contributed by atoms with van der Waals surface area (Å²) in [5.41, 5.74) is 0.885. The van der Waals surface area contributed by atoms with E-state index in [4.69, 9.17) is 9.47 Å². The summed E-state index contributed by atoms with van der Waals surface area (Å²) in [6, 6.07) is 0.377. The lowest BCUT2D eigenvalue weighted by atomic mass is 9.90. The van der Waals surface area contributed by atoms with Crippen LogP contribution in [0.25, 0.3) is 0 Å². The fraction of sp³-hybridized carbons (Fsp3) is 0.703. The van der Waals surface area contributed by atoms with E-state index in [1.807, 2.05) is 11.8 Å². The number of unbranched alkanes of at least 4 members (excludes halogenated alkanes) is 10. The molecule has 3 aliphatic rings. The van der Waals surface area contributed by atoms with Crippen molar-refractivity contribution in [1.82, 2.24) is 21.3 Å². The van der Waals surface area contributed by atoms with Crippen LogP contribution in [0.4, 0.5) is 4.79 Å². The molecule has 0 unspecified atom stereocenters. The molecule has 1 aliphatic carbocycles. The van der Waals surface area contributed by atoms with Crippen LogP contribution in [0.1, 0.15) is 117 Å². The van der Waals surface area contributed by atoms with Gasteiger partial charge in [0.1, 0.15) is 0 Å². The molecule has 0 aromatic heterocycles. The van der Waals surface area contributed by atoms with Crippen molar-refractivity contribution in [3.63, 3.8) is 0 Å². The number of urea groups is 1. The molecule has 2 saturated heterocycles. The number of hydrogen-bond donors (Lipinski definition) is 4. The molecule has 0 aromatic rings. The number of carbonyl (C=O) groups excluding carboxylic acids is 5. The van der Waals surface area contributed by atoms with Crippen LogP contribution in [0.5, 0.6) is 0 Å². The van der Waals surface area contributed by atoms with E-state index < -0.39 is 11.6 Å². The number of hydrogen-bond acceptors (Lipinski definition) is 8. The lowest BCUT2D eigenvalue weighted by molar-refractivity contribution is -0.121. The Hall–Kier alpha value is -3.28. The third-order valence-corrected chi connectivity index (χ3v) is 11.0. The van der Waals surface area contributed by atoms with E-state index >= 15 is 0 Å². The first-order valence-corrected chi connectivity index (χ1v) is 19.3. The Balaban J connectivity index is 1.36. The maximum Gasteiger partial charge on any atom is 0.315 e. The van der Waals surface area contributed by atoms with Gasteiger partial charge >= 0.3 is 6.03 Å². The van der Waals surface area contributed by atoms with Gasteiger partial charge < -0.3 is 30.7 Å². The number of amides is 4. The number of allylic oxidation sites excluding steroid dienone is 3. The Morgan fingerprint density at radius 2 is 1.41 bits per heavy atom. The molecule has 0 aromatic carbocycles. The molecule has 2 fully saturated rings. The first-order valence-electron chi connectivity index (χ1n) is 18.3. The second-order valence-electron chi connectivity index (χ2n) is 13.2. The van der Waals surface area contributed by atoms with E-state index in [0.717, 1.165) is 70.0 Å². The van der Waals surface area contributed by atoms with Crippen LogP contribution < -0.4 is 21.3 Å². The molecule has 0 radical (unpaired) electrons. The Morgan fingerprint density at radius 1 is 0.796 bits per heavy atom. The monoisotopic (exact) mass is 702 g/mol. The topological polar surface area (TPSA) is 152 Å². The lowest BCUT2D eigenvalue weighted by Gasteiger charge is -2.19. The van der Waals surface area contributed by atoms with E-state index in [9.17, 15) is 24.0 Å². The van der Waals surface area contributed by atoms with Crippen molar-refractivity contribution in [2.75, 3.05) is 33.1 Å². The van der Waals surface area contributed by atoms with Gasteiger partial charge in [0.25, 0.3) is 0 Å². The van der Waals surface area contributed by atoms with Gasteiger partial charge in [-0.05, 0) is 51.5 Å². The maximum atomic E-state index is 13.3. The van der Waals surface area contributed by atoms with Crippen LogP contribution in [0.3, 0.4) is 0 Å². The van der Waals surface area contributed by atoms with Gasteiger partial charge in [0.2, 0.25) is 34.9 Å². The van der Waals surface area contributed by atoms with Gasteiger partial charge in [0.15, 0.2) is 0 Å². The summed E-state index contributed by atoms with van der Waals surface area (Å²) in [6.45, 7) is 4.91. The summed E-state index contributed by atoms with van der Waals surface area (Å²) in [6.07, 6.45) is 16.7. The van der Waals surface area contributed by atoms with Gasteiger partial charge in [0.05, 0.1) is 26.3 Å². The van der Waals surface area contributed by atoms with Crippen molar-refractivity contribution in [3.8, 4) is 0 Å². The molecular weight excluding hydrogens is 644 g/mol. The molecule has 0 spiro atoms. The van der Waals surface area contributed by atoms with Crippen molar-refractivity contribution < 1.29 is 33.4 Å². The third kappa shape index (κ3) is 12.5. The zero-order chi connectivity index (χ0) is 35.6. The molecule has 274 valence electrons.